The van der Waals surface area contributed by atoms with Crippen molar-refractivity contribution in [3.63, 3.8) is 0 Å². The summed E-state index contributed by atoms with van der Waals surface area (Å²) in [5, 5.41) is 2.71. The Morgan fingerprint density at radius 3 is 2.29 bits per heavy atom. The molecule has 7 heteroatoms. The first-order valence-corrected chi connectivity index (χ1v) is 8.98. The maximum Gasteiger partial charge on any atom is 0.411 e. The summed E-state index contributed by atoms with van der Waals surface area (Å²) in [5.74, 6) is 0.697. The summed E-state index contributed by atoms with van der Waals surface area (Å²) in [7, 11) is 0. The molecule has 1 aliphatic heterocycles. The van der Waals surface area contributed by atoms with Crippen LogP contribution in [0.5, 0.6) is 0 Å². The zero-order chi connectivity index (χ0) is 17.0. The molecule has 1 aromatic carbocycles. The molecule has 1 aliphatic rings. The number of anilines is 2. The molecule has 0 atom stereocenters. The van der Waals surface area contributed by atoms with Gasteiger partial charge in [-0.1, -0.05) is 0 Å². The van der Waals surface area contributed by atoms with Gasteiger partial charge in [0.2, 0.25) is 0 Å². The fourth-order valence-electron chi connectivity index (χ4n) is 2.46. The van der Waals surface area contributed by atoms with Crippen LogP contribution in [-0.2, 0) is 14.2 Å². The molecule has 1 N–H and O–H groups in total. The van der Waals surface area contributed by atoms with Crippen LogP contribution < -0.4 is 10.2 Å². The summed E-state index contributed by atoms with van der Waals surface area (Å²) >= 11 is 4.04. The largest absolute Gasteiger partial charge is 0.447 e. The number of amides is 1. The van der Waals surface area contributed by atoms with E-state index in [2.05, 4.69) is 22.8 Å². The lowest BCUT2D eigenvalue weighted by Crippen LogP contribution is -2.18. The molecule has 0 unspecified atom stereocenters. The number of carbonyl (C=O) groups is 1. The second kappa shape index (κ2) is 11.2. The first-order chi connectivity index (χ1) is 11.8. The number of hydrogen-bond donors (Lipinski definition) is 2. The summed E-state index contributed by atoms with van der Waals surface area (Å²) in [4.78, 5) is 14.0. The van der Waals surface area contributed by atoms with Gasteiger partial charge in [-0.2, -0.15) is 12.6 Å². The number of thiol groups is 1. The zero-order valence-electron chi connectivity index (χ0n) is 13.9. The number of nitrogens with zero attached hydrogens (tertiary/aromatic N) is 1. The average molecular weight is 354 g/mol. The van der Waals surface area contributed by atoms with Crippen LogP contribution in [0.1, 0.15) is 12.8 Å². The second-order valence-electron chi connectivity index (χ2n) is 5.45. The van der Waals surface area contributed by atoms with Gasteiger partial charge in [0.05, 0.1) is 26.4 Å². The Labute approximate surface area is 148 Å². The lowest BCUT2D eigenvalue weighted by Gasteiger charge is -2.17. The fraction of sp³-hybridized carbons (Fsp3) is 0.588. The van der Waals surface area contributed by atoms with Crippen molar-refractivity contribution in [3.8, 4) is 0 Å². The quantitative estimate of drug-likeness (QED) is 0.500. The summed E-state index contributed by atoms with van der Waals surface area (Å²) in [6, 6.07) is 7.83. The van der Waals surface area contributed by atoms with E-state index in [0.717, 1.165) is 18.8 Å². The minimum Gasteiger partial charge on any atom is -0.447 e. The normalized spacial score (nSPS) is 14.0. The predicted molar refractivity (Wildman–Crippen MR) is 98.4 cm³/mol. The maximum absolute atomic E-state index is 11.7. The topological polar surface area (TPSA) is 60.0 Å². The van der Waals surface area contributed by atoms with Crippen LogP contribution in [0.4, 0.5) is 16.2 Å². The molecular formula is C17H26N2O4S. The van der Waals surface area contributed by atoms with Gasteiger partial charge in [-0.15, -0.1) is 0 Å². The Morgan fingerprint density at radius 2 is 1.62 bits per heavy atom. The van der Waals surface area contributed by atoms with E-state index in [9.17, 15) is 4.79 Å². The SMILES string of the molecule is O=C(Nc1ccc(N2CCCC2)cc1)OCCOCCOCCS. The van der Waals surface area contributed by atoms with Crippen LogP contribution in [0.15, 0.2) is 24.3 Å². The van der Waals surface area contributed by atoms with Crippen molar-refractivity contribution in [1.29, 1.82) is 0 Å². The smallest absolute Gasteiger partial charge is 0.411 e. The molecule has 134 valence electrons. The molecule has 1 fully saturated rings. The molecule has 0 spiro atoms. The summed E-state index contributed by atoms with van der Waals surface area (Å²) in [6.45, 7) is 4.40. The Balaban J connectivity index is 1.57. The van der Waals surface area contributed by atoms with Gasteiger partial charge in [0.25, 0.3) is 0 Å². The van der Waals surface area contributed by atoms with Gasteiger partial charge in [-0.3, -0.25) is 5.32 Å². The van der Waals surface area contributed by atoms with Crippen molar-refractivity contribution >= 4 is 30.1 Å². The lowest BCUT2D eigenvalue weighted by molar-refractivity contribution is 0.0340. The molecular weight excluding hydrogens is 328 g/mol. The third kappa shape index (κ3) is 6.98. The Kier molecular flexibility index (Phi) is 8.80. The molecule has 0 aliphatic carbocycles. The van der Waals surface area contributed by atoms with Crippen molar-refractivity contribution in [2.45, 2.75) is 12.8 Å². The molecule has 1 saturated heterocycles. The third-order valence-corrected chi connectivity index (χ3v) is 3.84. The molecule has 0 radical (unpaired) electrons. The molecule has 6 nitrogen and oxygen atoms in total. The minimum atomic E-state index is -0.473. The van der Waals surface area contributed by atoms with Crippen molar-refractivity contribution in [2.75, 3.05) is 62.1 Å². The van der Waals surface area contributed by atoms with E-state index in [0.29, 0.717) is 32.2 Å². The predicted octanol–water partition coefficient (Wildman–Crippen LogP) is 2.80. The Bertz CT molecular complexity index is 478. The zero-order valence-corrected chi connectivity index (χ0v) is 14.8. The molecule has 1 aromatic rings. The lowest BCUT2D eigenvalue weighted by atomic mass is 10.2. The molecule has 1 heterocycles. The number of carbonyl (C=O) groups excluding carboxylic acids is 1. The van der Waals surface area contributed by atoms with Crippen LogP contribution in [0.3, 0.4) is 0 Å². The molecule has 0 saturated carbocycles. The number of nitrogens with one attached hydrogen (secondary N) is 1. The molecule has 0 aromatic heterocycles. The molecule has 24 heavy (non-hydrogen) atoms. The number of hydrogen-bond acceptors (Lipinski definition) is 6. The van der Waals surface area contributed by atoms with Gasteiger partial charge < -0.3 is 19.1 Å². The highest BCUT2D eigenvalue weighted by atomic mass is 32.1. The number of benzene rings is 1. The van der Waals surface area contributed by atoms with E-state index >= 15 is 0 Å². The second-order valence-corrected chi connectivity index (χ2v) is 5.90. The van der Waals surface area contributed by atoms with Gasteiger partial charge in [0.1, 0.15) is 6.61 Å². The highest BCUT2D eigenvalue weighted by Gasteiger charge is 2.12. The third-order valence-electron chi connectivity index (χ3n) is 3.65. The number of ether oxygens (including phenoxy) is 3. The average Bonchev–Trinajstić information content (AvgIpc) is 3.12. The van der Waals surface area contributed by atoms with Gasteiger partial charge in [-0.25, -0.2) is 4.79 Å². The van der Waals surface area contributed by atoms with E-state index in [1.165, 1.54) is 18.5 Å². The molecule has 2 rings (SSSR count). The van der Waals surface area contributed by atoms with Crippen molar-refractivity contribution in [3.05, 3.63) is 24.3 Å². The van der Waals surface area contributed by atoms with Crippen molar-refractivity contribution < 1.29 is 19.0 Å². The summed E-state index contributed by atoms with van der Waals surface area (Å²) in [6.07, 6.45) is 2.02. The Hall–Kier alpha value is -1.44. The van der Waals surface area contributed by atoms with E-state index in [-0.39, 0.29) is 6.61 Å². The monoisotopic (exact) mass is 354 g/mol. The van der Waals surface area contributed by atoms with Gasteiger partial charge >= 0.3 is 6.09 Å². The van der Waals surface area contributed by atoms with Crippen LogP contribution in [0, 0.1) is 0 Å². The molecule has 1 amide bonds. The van der Waals surface area contributed by atoms with Crippen molar-refractivity contribution in [2.24, 2.45) is 0 Å². The summed E-state index contributed by atoms with van der Waals surface area (Å²) < 4.78 is 15.6. The van der Waals surface area contributed by atoms with Crippen LogP contribution in [0.2, 0.25) is 0 Å². The molecule has 0 bridgehead atoms. The van der Waals surface area contributed by atoms with E-state index in [1.807, 2.05) is 24.3 Å². The van der Waals surface area contributed by atoms with Crippen LogP contribution in [-0.4, -0.2) is 58.0 Å². The van der Waals surface area contributed by atoms with Gasteiger partial charge in [0.15, 0.2) is 0 Å². The Morgan fingerprint density at radius 1 is 1.00 bits per heavy atom. The van der Waals surface area contributed by atoms with Crippen LogP contribution in [0.25, 0.3) is 0 Å². The first kappa shape index (κ1) is 18.9. The fourth-order valence-corrected chi connectivity index (χ4v) is 2.59. The minimum absolute atomic E-state index is 0.213. The van der Waals surface area contributed by atoms with E-state index < -0.39 is 6.09 Å². The summed E-state index contributed by atoms with van der Waals surface area (Å²) in [5.41, 5.74) is 1.92. The standard InChI is InChI=1S/C17H26N2O4S/c20-17(23-12-11-21-9-10-22-13-14-24)18-15-3-5-16(6-4-15)19-7-1-2-8-19/h3-6,24H,1-2,7-14H2,(H,18,20). The van der Waals surface area contributed by atoms with E-state index in [4.69, 9.17) is 14.2 Å². The highest BCUT2D eigenvalue weighted by molar-refractivity contribution is 7.80. The van der Waals surface area contributed by atoms with E-state index in [1.54, 1.807) is 0 Å². The van der Waals surface area contributed by atoms with Crippen molar-refractivity contribution in [1.82, 2.24) is 0 Å². The van der Waals surface area contributed by atoms with Crippen LogP contribution >= 0.6 is 12.6 Å². The maximum atomic E-state index is 11.7. The van der Waals surface area contributed by atoms with Gasteiger partial charge in [0, 0.05) is 30.2 Å². The first-order valence-electron chi connectivity index (χ1n) is 8.35. The number of rotatable bonds is 10. The van der Waals surface area contributed by atoms with Gasteiger partial charge in [-0.05, 0) is 37.1 Å². The highest BCUT2D eigenvalue weighted by Crippen LogP contribution is 2.22.